The van der Waals surface area contributed by atoms with E-state index in [-0.39, 0.29) is 23.8 Å². The molecule has 2 fully saturated rings. The van der Waals surface area contributed by atoms with E-state index in [0.29, 0.717) is 30.5 Å². The number of benzene rings is 2. The minimum atomic E-state index is -0.671. The number of nitrogens with zero attached hydrogens (tertiary/aromatic N) is 4. The standard InChI is InChI=1S/C31H35FN4O3/c1-18-8-10-23(17-24(18)32)35-27(6-5-7-28(35)37)30-33-25-16-21(29-19(2)34-39-20(29)3)9-11-26(25)36(30)22-12-14-31(4,38)15-13-22/h8-11,16-17,22,27,38H,5-7,12-15H2,1-4H3/t22?,27-,31?/m0/s1. The van der Waals surface area contributed by atoms with Gasteiger partial charge in [0.2, 0.25) is 5.91 Å². The van der Waals surface area contributed by atoms with Crippen LogP contribution in [0.3, 0.4) is 0 Å². The lowest BCUT2D eigenvalue weighted by atomic mass is 9.83. The number of fused-ring (bicyclic) bond motifs is 1. The van der Waals surface area contributed by atoms with Crippen LogP contribution in [0.2, 0.25) is 0 Å². The van der Waals surface area contributed by atoms with E-state index in [2.05, 4.69) is 27.9 Å². The van der Waals surface area contributed by atoms with Crippen molar-refractivity contribution in [2.45, 2.75) is 90.3 Å². The summed E-state index contributed by atoms with van der Waals surface area (Å²) in [5, 5.41) is 14.8. The molecule has 6 rings (SSSR count). The highest BCUT2D eigenvalue weighted by Crippen LogP contribution is 2.43. The third-order valence-corrected chi connectivity index (χ3v) is 8.62. The number of aryl methyl sites for hydroxylation is 3. The third-order valence-electron chi connectivity index (χ3n) is 8.62. The average molecular weight is 531 g/mol. The molecule has 1 amide bonds. The minimum absolute atomic E-state index is 0.0175. The van der Waals surface area contributed by atoms with Crippen molar-refractivity contribution < 1.29 is 18.8 Å². The predicted molar refractivity (Wildman–Crippen MR) is 148 cm³/mol. The fraction of sp³-hybridized carbons (Fsp3) is 0.452. The van der Waals surface area contributed by atoms with Gasteiger partial charge in [-0.2, -0.15) is 0 Å². The molecule has 0 bridgehead atoms. The summed E-state index contributed by atoms with van der Waals surface area (Å²) in [6.07, 6.45) is 4.95. The topological polar surface area (TPSA) is 84.4 Å². The summed E-state index contributed by atoms with van der Waals surface area (Å²) in [5.74, 6) is 1.24. The van der Waals surface area contributed by atoms with Crippen molar-refractivity contribution in [2.24, 2.45) is 0 Å². The van der Waals surface area contributed by atoms with E-state index in [1.165, 1.54) is 6.07 Å². The molecule has 0 unspecified atom stereocenters. The number of hydrogen-bond acceptors (Lipinski definition) is 5. The molecule has 2 aromatic heterocycles. The lowest BCUT2D eigenvalue weighted by Gasteiger charge is -2.38. The van der Waals surface area contributed by atoms with Gasteiger partial charge in [-0.15, -0.1) is 0 Å². The number of aromatic nitrogens is 3. The molecule has 1 N–H and O–H groups in total. The Bertz CT molecular complexity index is 1540. The number of hydrogen-bond donors (Lipinski definition) is 1. The minimum Gasteiger partial charge on any atom is -0.390 e. The number of rotatable bonds is 4. The monoisotopic (exact) mass is 530 g/mol. The molecule has 8 heteroatoms. The smallest absolute Gasteiger partial charge is 0.227 e. The Hall–Kier alpha value is -3.52. The van der Waals surface area contributed by atoms with Gasteiger partial charge in [0.15, 0.2) is 0 Å². The molecule has 7 nitrogen and oxygen atoms in total. The van der Waals surface area contributed by atoms with E-state index in [9.17, 15) is 14.3 Å². The first-order valence-corrected chi connectivity index (χ1v) is 13.9. The average Bonchev–Trinajstić information content (AvgIpc) is 3.44. The number of carbonyl (C=O) groups is 1. The lowest BCUT2D eigenvalue weighted by Crippen LogP contribution is -2.40. The van der Waals surface area contributed by atoms with Crippen molar-refractivity contribution in [3.8, 4) is 11.1 Å². The quantitative estimate of drug-likeness (QED) is 0.311. The van der Waals surface area contributed by atoms with Crippen LogP contribution in [-0.2, 0) is 4.79 Å². The molecule has 1 saturated heterocycles. The third kappa shape index (κ3) is 4.54. The summed E-state index contributed by atoms with van der Waals surface area (Å²) < 4.78 is 22.4. The van der Waals surface area contributed by atoms with Gasteiger partial charge in [-0.1, -0.05) is 17.3 Å². The number of aliphatic hydroxyl groups is 1. The maximum absolute atomic E-state index is 14.6. The zero-order chi connectivity index (χ0) is 27.5. The Morgan fingerprint density at radius 1 is 1.08 bits per heavy atom. The zero-order valence-electron chi connectivity index (χ0n) is 23.0. The van der Waals surface area contributed by atoms with E-state index in [1.54, 1.807) is 17.9 Å². The van der Waals surface area contributed by atoms with Gasteiger partial charge in [-0.05, 0) is 102 Å². The van der Waals surface area contributed by atoms with Crippen LogP contribution in [0.15, 0.2) is 40.9 Å². The van der Waals surface area contributed by atoms with E-state index < -0.39 is 5.60 Å². The number of amides is 1. The van der Waals surface area contributed by atoms with Gasteiger partial charge in [-0.25, -0.2) is 9.37 Å². The van der Waals surface area contributed by atoms with Crippen molar-refractivity contribution in [1.82, 2.24) is 14.7 Å². The second-order valence-corrected chi connectivity index (χ2v) is 11.6. The fourth-order valence-corrected chi connectivity index (χ4v) is 6.44. The van der Waals surface area contributed by atoms with Gasteiger partial charge < -0.3 is 19.1 Å². The normalized spacial score (nSPS) is 24.1. The van der Waals surface area contributed by atoms with Crippen LogP contribution in [0.25, 0.3) is 22.2 Å². The first-order chi connectivity index (χ1) is 18.6. The van der Waals surface area contributed by atoms with Gasteiger partial charge in [0, 0.05) is 23.7 Å². The van der Waals surface area contributed by atoms with Crippen LogP contribution in [-0.4, -0.2) is 31.3 Å². The van der Waals surface area contributed by atoms with Crippen molar-refractivity contribution in [3.63, 3.8) is 0 Å². The molecule has 1 atom stereocenters. The van der Waals surface area contributed by atoms with Gasteiger partial charge in [0.1, 0.15) is 17.4 Å². The summed E-state index contributed by atoms with van der Waals surface area (Å²) in [6.45, 7) is 7.46. The Balaban J connectivity index is 1.51. The first-order valence-electron chi connectivity index (χ1n) is 13.9. The second-order valence-electron chi connectivity index (χ2n) is 11.6. The van der Waals surface area contributed by atoms with Crippen LogP contribution in [0, 0.1) is 26.6 Å². The number of halogens is 1. The van der Waals surface area contributed by atoms with Crippen LogP contribution in [0.4, 0.5) is 10.1 Å². The highest BCUT2D eigenvalue weighted by molar-refractivity contribution is 5.95. The molecule has 2 aromatic carbocycles. The number of piperidine rings is 1. The molecule has 39 heavy (non-hydrogen) atoms. The van der Waals surface area contributed by atoms with Crippen molar-refractivity contribution >= 4 is 22.6 Å². The summed E-state index contributed by atoms with van der Waals surface area (Å²) in [5.41, 5.74) is 5.06. The molecule has 3 heterocycles. The zero-order valence-corrected chi connectivity index (χ0v) is 23.0. The second kappa shape index (κ2) is 9.59. The van der Waals surface area contributed by atoms with E-state index >= 15 is 0 Å². The molecule has 0 spiro atoms. The first kappa shape index (κ1) is 25.7. The SMILES string of the molecule is Cc1ccc(N2C(=O)CCC[C@H]2c2nc3cc(-c4c(C)noc4C)ccc3n2C2CCC(C)(O)CC2)cc1F. The van der Waals surface area contributed by atoms with Crippen LogP contribution >= 0.6 is 0 Å². The lowest BCUT2D eigenvalue weighted by molar-refractivity contribution is -0.120. The van der Waals surface area contributed by atoms with Gasteiger partial charge in [-0.3, -0.25) is 4.79 Å². The Labute approximate surface area is 227 Å². The Morgan fingerprint density at radius 2 is 1.85 bits per heavy atom. The molecular formula is C31H35FN4O3. The van der Waals surface area contributed by atoms with Gasteiger partial charge in [0.25, 0.3) is 0 Å². The molecule has 0 radical (unpaired) electrons. The summed E-state index contributed by atoms with van der Waals surface area (Å²) in [7, 11) is 0. The van der Waals surface area contributed by atoms with E-state index in [0.717, 1.165) is 65.1 Å². The molecule has 2 aliphatic rings. The molecule has 1 saturated carbocycles. The highest BCUT2D eigenvalue weighted by Gasteiger charge is 2.37. The van der Waals surface area contributed by atoms with E-state index in [1.807, 2.05) is 26.8 Å². The Morgan fingerprint density at radius 3 is 2.54 bits per heavy atom. The molecule has 204 valence electrons. The fourth-order valence-electron chi connectivity index (χ4n) is 6.44. The van der Waals surface area contributed by atoms with Crippen LogP contribution in [0.5, 0.6) is 0 Å². The van der Waals surface area contributed by atoms with E-state index in [4.69, 9.17) is 9.51 Å². The number of carbonyl (C=O) groups excluding carboxylic acids is 1. The molecular weight excluding hydrogens is 495 g/mol. The number of anilines is 1. The van der Waals surface area contributed by atoms with Crippen molar-refractivity contribution in [1.29, 1.82) is 0 Å². The number of imidazole rings is 1. The Kier molecular flexibility index (Phi) is 6.33. The summed E-state index contributed by atoms with van der Waals surface area (Å²) in [4.78, 5) is 20.3. The van der Waals surface area contributed by atoms with Crippen LogP contribution < -0.4 is 4.90 Å². The van der Waals surface area contributed by atoms with Crippen molar-refractivity contribution in [3.05, 3.63) is 65.1 Å². The summed E-state index contributed by atoms with van der Waals surface area (Å²) in [6, 6.07) is 11.1. The van der Waals surface area contributed by atoms with Crippen molar-refractivity contribution in [2.75, 3.05) is 4.90 Å². The highest BCUT2D eigenvalue weighted by atomic mass is 19.1. The molecule has 1 aliphatic heterocycles. The maximum Gasteiger partial charge on any atom is 0.227 e. The molecule has 1 aliphatic carbocycles. The van der Waals surface area contributed by atoms with Gasteiger partial charge >= 0.3 is 0 Å². The predicted octanol–water partition coefficient (Wildman–Crippen LogP) is 6.88. The summed E-state index contributed by atoms with van der Waals surface area (Å²) >= 11 is 0. The molecule has 4 aromatic rings. The maximum atomic E-state index is 14.6. The largest absolute Gasteiger partial charge is 0.390 e. The van der Waals surface area contributed by atoms with Gasteiger partial charge in [0.05, 0.1) is 28.4 Å². The van der Waals surface area contributed by atoms with Crippen LogP contribution in [0.1, 0.15) is 86.8 Å².